The van der Waals surface area contributed by atoms with Gasteiger partial charge in [-0.25, -0.2) is 13.6 Å². The molecule has 2 heterocycles. The molecule has 3 N–H and O–H groups in total. The summed E-state index contributed by atoms with van der Waals surface area (Å²) >= 11 is 0. The van der Waals surface area contributed by atoms with Crippen molar-refractivity contribution in [3.8, 4) is 0 Å². The van der Waals surface area contributed by atoms with Crippen LogP contribution in [0.4, 0.5) is 5.69 Å². The maximum atomic E-state index is 11.5. The number of piperidine rings is 1. The Labute approximate surface area is 120 Å². The summed E-state index contributed by atoms with van der Waals surface area (Å²) in [5, 5.41) is 8.60. The number of benzene rings is 1. The van der Waals surface area contributed by atoms with Gasteiger partial charge in [0, 0.05) is 23.8 Å². The molecular weight excluding hydrogens is 274 g/mol. The van der Waals surface area contributed by atoms with Crippen LogP contribution in [-0.4, -0.2) is 33.6 Å². The van der Waals surface area contributed by atoms with Gasteiger partial charge in [-0.2, -0.15) is 0 Å². The number of anilines is 1. The van der Waals surface area contributed by atoms with Crippen LogP contribution in [0.5, 0.6) is 0 Å². The number of primary sulfonamides is 1. The topological polar surface area (TPSA) is 75.4 Å². The molecule has 3 rings (SSSR count). The van der Waals surface area contributed by atoms with E-state index in [9.17, 15) is 8.42 Å². The molecule has 0 saturated carbocycles. The van der Waals surface area contributed by atoms with E-state index in [1.54, 1.807) is 18.2 Å². The van der Waals surface area contributed by atoms with E-state index in [1.807, 2.05) is 13.1 Å². The number of nitrogens with zero attached hydrogens (tertiary/aromatic N) is 1. The Morgan fingerprint density at radius 1 is 1.25 bits per heavy atom. The van der Waals surface area contributed by atoms with Crippen molar-refractivity contribution in [1.29, 1.82) is 0 Å². The van der Waals surface area contributed by atoms with E-state index in [0.29, 0.717) is 18.1 Å². The number of nitrogens with two attached hydrogens (primary N) is 1. The van der Waals surface area contributed by atoms with Gasteiger partial charge in [-0.05, 0) is 50.9 Å². The smallest absolute Gasteiger partial charge is 0.238 e. The quantitative estimate of drug-likeness (QED) is 0.874. The average Bonchev–Trinajstić information content (AvgIpc) is 2.68. The molecule has 0 aromatic heterocycles. The van der Waals surface area contributed by atoms with Crippen molar-refractivity contribution in [1.82, 2.24) is 5.32 Å². The third-order valence-electron chi connectivity index (χ3n) is 4.59. The lowest BCUT2D eigenvalue weighted by atomic mass is 9.97. The fraction of sp³-hybridized carbons (Fsp3) is 0.571. The highest BCUT2D eigenvalue weighted by atomic mass is 32.2. The van der Waals surface area contributed by atoms with Gasteiger partial charge in [0.1, 0.15) is 0 Å². The maximum absolute atomic E-state index is 11.5. The molecule has 0 spiro atoms. The van der Waals surface area contributed by atoms with E-state index in [4.69, 9.17) is 5.14 Å². The second-order valence-corrected chi connectivity index (χ2v) is 7.35. The third-order valence-corrected chi connectivity index (χ3v) is 5.50. The van der Waals surface area contributed by atoms with Crippen LogP contribution in [0.15, 0.2) is 29.2 Å². The van der Waals surface area contributed by atoms with Crippen LogP contribution in [0, 0.1) is 0 Å². The minimum Gasteiger partial charge on any atom is -0.365 e. The van der Waals surface area contributed by atoms with Crippen molar-refractivity contribution in [2.75, 3.05) is 11.9 Å². The van der Waals surface area contributed by atoms with Crippen molar-refractivity contribution in [2.45, 2.75) is 48.7 Å². The van der Waals surface area contributed by atoms with Crippen molar-refractivity contribution >= 4 is 15.7 Å². The summed E-state index contributed by atoms with van der Waals surface area (Å²) in [4.78, 5) is 2.59. The Morgan fingerprint density at radius 3 is 2.45 bits per heavy atom. The molecule has 5 nitrogen and oxygen atoms in total. The van der Waals surface area contributed by atoms with Gasteiger partial charge < -0.3 is 10.2 Å². The van der Waals surface area contributed by atoms with Crippen LogP contribution in [0.3, 0.4) is 0 Å². The Balaban J connectivity index is 1.91. The van der Waals surface area contributed by atoms with Gasteiger partial charge in [-0.1, -0.05) is 6.07 Å². The van der Waals surface area contributed by atoms with Crippen molar-refractivity contribution in [3.63, 3.8) is 0 Å². The molecular formula is C14H21N3O2S. The van der Waals surface area contributed by atoms with Crippen molar-refractivity contribution in [2.24, 2.45) is 5.14 Å². The highest BCUT2D eigenvalue weighted by Gasteiger charge is 2.40. The molecule has 1 aromatic rings. The molecule has 110 valence electrons. The molecule has 0 aliphatic carbocycles. The zero-order chi connectivity index (χ0) is 14.3. The van der Waals surface area contributed by atoms with E-state index in [-0.39, 0.29) is 4.90 Å². The number of rotatable bonds is 3. The first-order valence-corrected chi connectivity index (χ1v) is 8.62. The molecule has 2 bridgehead atoms. The summed E-state index contributed by atoms with van der Waals surface area (Å²) in [6.07, 6.45) is 4.60. The molecule has 1 aromatic carbocycles. The largest absolute Gasteiger partial charge is 0.365 e. The molecule has 2 unspecified atom stereocenters. The van der Waals surface area contributed by atoms with Crippen LogP contribution in [0.1, 0.15) is 25.7 Å². The molecule has 6 heteroatoms. The Bertz CT molecular complexity index is 588. The molecule has 2 atom stereocenters. The first-order chi connectivity index (χ1) is 9.49. The van der Waals surface area contributed by atoms with E-state index < -0.39 is 10.0 Å². The van der Waals surface area contributed by atoms with E-state index in [0.717, 1.165) is 18.5 Å². The lowest BCUT2D eigenvalue weighted by molar-refractivity contribution is 0.373. The zero-order valence-corrected chi connectivity index (χ0v) is 12.4. The van der Waals surface area contributed by atoms with E-state index >= 15 is 0 Å². The monoisotopic (exact) mass is 295 g/mol. The number of sulfonamides is 1. The standard InChI is InChI=1S/C14H21N3O2S/c1-16-10-7-12-5-6-13(8-10)17(12)11-3-2-4-14(9-11)20(15,18)19/h2-4,9-10,12-13,16H,5-8H2,1H3,(H2,15,18,19). The minimum atomic E-state index is -3.63. The van der Waals surface area contributed by atoms with Gasteiger partial charge in [0.25, 0.3) is 0 Å². The summed E-state index contributed by atoms with van der Waals surface area (Å²) in [5.74, 6) is 0. The van der Waals surface area contributed by atoms with Gasteiger partial charge in [0.05, 0.1) is 4.90 Å². The summed E-state index contributed by atoms with van der Waals surface area (Å²) in [6.45, 7) is 0. The van der Waals surface area contributed by atoms with Crippen molar-refractivity contribution in [3.05, 3.63) is 24.3 Å². The Morgan fingerprint density at radius 2 is 1.90 bits per heavy atom. The van der Waals surface area contributed by atoms with Crippen molar-refractivity contribution < 1.29 is 8.42 Å². The van der Waals surface area contributed by atoms with E-state index in [2.05, 4.69) is 10.2 Å². The Hall–Kier alpha value is -1.11. The first-order valence-electron chi connectivity index (χ1n) is 7.07. The highest BCUT2D eigenvalue weighted by Crippen LogP contribution is 2.39. The normalized spacial score (nSPS) is 29.7. The molecule has 20 heavy (non-hydrogen) atoms. The van der Waals surface area contributed by atoms with Crippen LogP contribution < -0.4 is 15.4 Å². The van der Waals surface area contributed by atoms with Crippen LogP contribution >= 0.6 is 0 Å². The molecule has 2 aliphatic heterocycles. The first kappa shape index (κ1) is 13.9. The van der Waals surface area contributed by atoms with Gasteiger partial charge >= 0.3 is 0 Å². The summed E-state index contributed by atoms with van der Waals surface area (Å²) in [6, 6.07) is 8.61. The lowest BCUT2D eigenvalue weighted by Crippen LogP contribution is -2.48. The summed E-state index contributed by atoms with van der Waals surface area (Å²) in [7, 11) is -1.62. The second-order valence-electron chi connectivity index (χ2n) is 5.79. The number of fused-ring (bicyclic) bond motifs is 2. The van der Waals surface area contributed by atoms with Crippen LogP contribution in [-0.2, 0) is 10.0 Å². The second kappa shape index (κ2) is 5.02. The van der Waals surface area contributed by atoms with E-state index in [1.165, 1.54) is 12.8 Å². The molecule has 2 saturated heterocycles. The Kier molecular flexibility index (Phi) is 3.48. The van der Waals surface area contributed by atoms with Gasteiger partial charge in [0.15, 0.2) is 0 Å². The molecule has 0 amide bonds. The van der Waals surface area contributed by atoms with Gasteiger partial charge in [-0.3, -0.25) is 0 Å². The predicted octanol–water partition coefficient (Wildman–Crippen LogP) is 1.05. The van der Waals surface area contributed by atoms with Crippen LogP contribution in [0.25, 0.3) is 0 Å². The average molecular weight is 295 g/mol. The predicted molar refractivity (Wildman–Crippen MR) is 79.2 cm³/mol. The third kappa shape index (κ3) is 2.43. The SMILES string of the molecule is CNC1CC2CCC(C1)N2c1cccc(S(N)(=O)=O)c1. The molecule has 2 aliphatic rings. The summed E-state index contributed by atoms with van der Waals surface area (Å²) in [5.41, 5.74) is 0.985. The molecule has 2 fully saturated rings. The number of hydrogen-bond donors (Lipinski definition) is 2. The molecule has 0 radical (unpaired) electrons. The number of nitrogens with one attached hydrogen (secondary N) is 1. The van der Waals surface area contributed by atoms with Crippen LogP contribution in [0.2, 0.25) is 0 Å². The highest BCUT2D eigenvalue weighted by molar-refractivity contribution is 7.89. The maximum Gasteiger partial charge on any atom is 0.238 e. The van der Waals surface area contributed by atoms with Gasteiger partial charge in [0.2, 0.25) is 10.0 Å². The minimum absolute atomic E-state index is 0.199. The summed E-state index contributed by atoms with van der Waals surface area (Å²) < 4.78 is 23.0. The fourth-order valence-corrected chi connectivity index (χ4v) is 4.21. The van der Waals surface area contributed by atoms with Gasteiger partial charge in [-0.15, -0.1) is 0 Å². The fourth-order valence-electron chi connectivity index (χ4n) is 3.66. The number of hydrogen-bond acceptors (Lipinski definition) is 4. The lowest BCUT2D eigenvalue weighted by Gasteiger charge is -2.40. The zero-order valence-electron chi connectivity index (χ0n) is 11.6.